The van der Waals surface area contributed by atoms with E-state index in [0.717, 1.165) is 26.1 Å². The van der Waals surface area contributed by atoms with Crippen molar-refractivity contribution in [3.05, 3.63) is 23.9 Å². The van der Waals surface area contributed by atoms with E-state index in [2.05, 4.69) is 29.2 Å². The molecule has 1 heterocycles. The Morgan fingerprint density at radius 1 is 1.50 bits per heavy atom. The van der Waals surface area contributed by atoms with E-state index in [1.165, 1.54) is 5.56 Å². The Morgan fingerprint density at radius 3 is 2.78 bits per heavy atom. The van der Waals surface area contributed by atoms with E-state index in [0.29, 0.717) is 11.9 Å². The van der Waals surface area contributed by atoms with Gasteiger partial charge < -0.3 is 10.2 Å². The Hall–Kier alpha value is -1.17. The molecule has 1 atom stereocenters. The number of nitrogens with two attached hydrogens (primary N) is 1. The minimum Gasteiger partial charge on any atom is -0.383 e. The summed E-state index contributed by atoms with van der Waals surface area (Å²) in [6, 6.07) is 4.47. The third kappa shape index (κ3) is 4.60. The van der Waals surface area contributed by atoms with Gasteiger partial charge in [0.15, 0.2) is 0 Å². The van der Waals surface area contributed by atoms with E-state index in [1.807, 2.05) is 18.3 Å². The third-order valence-corrected chi connectivity index (χ3v) is 3.16. The maximum Gasteiger partial charge on any atom is 0.139 e. The van der Waals surface area contributed by atoms with Crippen LogP contribution in [0.25, 0.3) is 0 Å². The van der Waals surface area contributed by atoms with Gasteiger partial charge in [0.1, 0.15) is 5.82 Å². The number of aromatic nitrogens is 1. The fraction of sp³-hybridized carbons (Fsp3) is 0.615. The first-order valence-corrected chi connectivity index (χ1v) is 6.35. The SMILES string of the molecule is CCC(C)N(CCOC)Cc1ccc(NN)nc1. The van der Waals surface area contributed by atoms with E-state index in [9.17, 15) is 0 Å². The summed E-state index contributed by atoms with van der Waals surface area (Å²) in [5.74, 6) is 5.98. The largest absolute Gasteiger partial charge is 0.383 e. The summed E-state index contributed by atoms with van der Waals surface area (Å²) in [6.07, 6.45) is 2.98. The standard InChI is InChI=1S/C13H24N4O/c1-4-11(2)17(7-8-18-3)10-12-5-6-13(16-14)15-9-12/h5-6,9,11H,4,7-8,10,14H2,1-3H3,(H,15,16). The fourth-order valence-electron chi connectivity index (χ4n) is 1.76. The molecule has 0 bridgehead atoms. The van der Waals surface area contributed by atoms with Crippen molar-refractivity contribution in [1.82, 2.24) is 9.88 Å². The summed E-state index contributed by atoms with van der Waals surface area (Å²) in [5, 5.41) is 0. The highest BCUT2D eigenvalue weighted by atomic mass is 16.5. The van der Waals surface area contributed by atoms with Gasteiger partial charge in [0, 0.05) is 32.4 Å². The van der Waals surface area contributed by atoms with Gasteiger partial charge in [0.05, 0.1) is 6.61 Å². The topological polar surface area (TPSA) is 63.4 Å². The molecule has 18 heavy (non-hydrogen) atoms. The average Bonchev–Trinajstić information content (AvgIpc) is 2.43. The van der Waals surface area contributed by atoms with E-state index >= 15 is 0 Å². The molecule has 1 rings (SSSR count). The number of hydrazine groups is 1. The van der Waals surface area contributed by atoms with Gasteiger partial charge in [-0.25, -0.2) is 10.8 Å². The molecule has 0 aliphatic carbocycles. The predicted octanol–water partition coefficient (Wildman–Crippen LogP) is 1.61. The Morgan fingerprint density at radius 2 is 2.28 bits per heavy atom. The minimum absolute atomic E-state index is 0.535. The summed E-state index contributed by atoms with van der Waals surface area (Å²) in [7, 11) is 1.73. The second kappa shape index (κ2) is 8.02. The van der Waals surface area contributed by atoms with Gasteiger partial charge in [-0.2, -0.15) is 0 Å². The summed E-state index contributed by atoms with van der Waals surface area (Å²) in [6.45, 7) is 7.00. The lowest BCUT2D eigenvalue weighted by molar-refractivity contribution is 0.118. The minimum atomic E-state index is 0.535. The Labute approximate surface area is 109 Å². The van der Waals surface area contributed by atoms with Crippen molar-refractivity contribution in [1.29, 1.82) is 0 Å². The molecule has 0 radical (unpaired) electrons. The predicted molar refractivity (Wildman–Crippen MR) is 74.1 cm³/mol. The molecule has 0 saturated carbocycles. The number of methoxy groups -OCH3 is 1. The van der Waals surface area contributed by atoms with E-state index in [-0.39, 0.29) is 0 Å². The van der Waals surface area contributed by atoms with Gasteiger partial charge in [0.25, 0.3) is 0 Å². The van der Waals surface area contributed by atoms with Crippen LogP contribution in [0.1, 0.15) is 25.8 Å². The van der Waals surface area contributed by atoms with Crippen molar-refractivity contribution in [2.24, 2.45) is 5.84 Å². The first-order valence-electron chi connectivity index (χ1n) is 6.35. The van der Waals surface area contributed by atoms with Gasteiger partial charge in [0.2, 0.25) is 0 Å². The van der Waals surface area contributed by atoms with Crippen LogP contribution in [-0.4, -0.2) is 36.2 Å². The second-order valence-corrected chi connectivity index (χ2v) is 4.42. The molecule has 0 spiro atoms. The number of nitrogens with zero attached hydrogens (tertiary/aromatic N) is 2. The van der Waals surface area contributed by atoms with Crippen molar-refractivity contribution in [3.63, 3.8) is 0 Å². The number of hydrogen-bond acceptors (Lipinski definition) is 5. The molecule has 0 saturated heterocycles. The number of pyridine rings is 1. The normalized spacial score (nSPS) is 12.7. The summed E-state index contributed by atoms with van der Waals surface area (Å²) < 4.78 is 5.16. The monoisotopic (exact) mass is 252 g/mol. The molecule has 1 unspecified atom stereocenters. The van der Waals surface area contributed by atoms with Crippen molar-refractivity contribution in [2.75, 3.05) is 25.7 Å². The molecule has 3 N–H and O–H groups in total. The molecular formula is C13H24N4O. The number of nitrogen functional groups attached to an aromatic ring is 1. The highest BCUT2D eigenvalue weighted by Crippen LogP contribution is 2.11. The van der Waals surface area contributed by atoms with Gasteiger partial charge >= 0.3 is 0 Å². The van der Waals surface area contributed by atoms with Crippen LogP contribution in [-0.2, 0) is 11.3 Å². The molecule has 5 nitrogen and oxygen atoms in total. The maximum atomic E-state index is 5.30. The molecule has 0 aliphatic rings. The van der Waals surface area contributed by atoms with Crippen molar-refractivity contribution in [2.45, 2.75) is 32.9 Å². The van der Waals surface area contributed by atoms with E-state index < -0.39 is 0 Å². The van der Waals surface area contributed by atoms with Crippen LogP contribution >= 0.6 is 0 Å². The molecule has 5 heteroatoms. The highest BCUT2D eigenvalue weighted by molar-refractivity contribution is 5.33. The third-order valence-electron chi connectivity index (χ3n) is 3.16. The molecule has 0 aliphatic heterocycles. The van der Waals surface area contributed by atoms with Crippen molar-refractivity contribution < 1.29 is 4.74 Å². The molecule has 1 aromatic rings. The zero-order valence-corrected chi connectivity index (χ0v) is 11.5. The van der Waals surface area contributed by atoms with Crippen LogP contribution in [0.5, 0.6) is 0 Å². The van der Waals surface area contributed by atoms with Crippen molar-refractivity contribution >= 4 is 5.82 Å². The van der Waals surface area contributed by atoms with Gasteiger partial charge in [-0.3, -0.25) is 4.90 Å². The molecule has 102 valence electrons. The number of ether oxygens (including phenoxy) is 1. The molecular weight excluding hydrogens is 228 g/mol. The van der Waals surface area contributed by atoms with Crippen LogP contribution in [0.2, 0.25) is 0 Å². The number of rotatable bonds is 8. The lowest BCUT2D eigenvalue weighted by Crippen LogP contribution is -2.34. The summed E-state index contributed by atoms with van der Waals surface area (Å²) in [4.78, 5) is 6.62. The van der Waals surface area contributed by atoms with E-state index in [4.69, 9.17) is 10.6 Å². The first kappa shape index (κ1) is 14.9. The zero-order chi connectivity index (χ0) is 13.4. The lowest BCUT2D eigenvalue weighted by atomic mass is 10.2. The molecule has 0 amide bonds. The van der Waals surface area contributed by atoms with E-state index in [1.54, 1.807) is 7.11 Å². The Kier molecular flexibility index (Phi) is 6.64. The highest BCUT2D eigenvalue weighted by Gasteiger charge is 2.12. The number of nitrogens with one attached hydrogen (secondary N) is 1. The Balaban J connectivity index is 2.62. The summed E-state index contributed by atoms with van der Waals surface area (Å²) >= 11 is 0. The van der Waals surface area contributed by atoms with Crippen LogP contribution < -0.4 is 11.3 Å². The van der Waals surface area contributed by atoms with Gasteiger partial charge in [-0.1, -0.05) is 13.0 Å². The maximum absolute atomic E-state index is 5.30. The second-order valence-electron chi connectivity index (χ2n) is 4.42. The number of hydrogen-bond donors (Lipinski definition) is 2. The van der Waals surface area contributed by atoms with Crippen LogP contribution in [0.15, 0.2) is 18.3 Å². The van der Waals surface area contributed by atoms with Crippen LogP contribution in [0.4, 0.5) is 5.82 Å². The van der Waals surface area contributed by atoms with Crippen LogP contribution in [0, 0.1) is 0 Å². The molecule has 0 aromatic carbocycles. The lowest BCUT2D eigenvalue weighted by Gasteiger charge is -2.28. The van der Waals surface area contributed by atoms with Crippen LogP contribution in [0.3, 0.4) is 0 Å². The first-order chi connectivity index (χ1) is 8.71. The van der Waals surface area contributed by atoms with Gasteiger partial charge in [-0.15, -0.1) is 0 Å². The van der Waals surface area contributed by atoms with Crippen molar-refractivity contribution in [3.8, 4) is 0 Å². The molecule has 1 aromatic heterocycles. The Bertz CT molecular complexity index is 328. The van der Waals surface area contributed by atoms with Gasteiger partial charge in [-0.05, 0) is 25.0 Å². The number of anilines is 1. The average molecular weight is 252 g/mol. The quantitative estimate of drug-likeness (QED) is 0.543. The smallest absolute Gasteiger partial charge is 0.139 e. The zero-order valence-electron chi connectivity index (χ0n) is 11.5. The fourth-order valence-corrected chi connectivity index (χ4v) is 1.76. The molecule has 0 fully saturated rings. The summed E-state index contributed by atoms with van der Waals surface area (Å²) in [5.41, 5.74) is 3.72.